The number of carbonyl (C=O) groups excluding carboxylic acids is 1. The summed E-state index contributed by atoms with van der Waals surface area (Å²) in [5.41, 5.74) is 1.04. The van der Waals surface area contributed by atoms with Crippen LogP contribution in [0, 0.1) is 0 Å². The average Bonchev–Trinajstić information content (AvgIpc) is 3.26. The quantitative estimate of drug-likeness (QED) is 0.922. The number of ether oxygens (including phenoxy) is 1. The number of thiophene rings is 1. The van der Waals surface area contributed by atoms with E-state index in [0.29, 0.717) is 6.61 Å². The van der Waals surface area contributed by atoms with E-state index in [1.54, 1.807) is 11.3 Å². The summed E-state index contributed by atoms with van der Waals surface area (Å²) in [6.45, 7) is 5.49. The lowest BCUT2D eigenvalue weighted by molar-refractivity contribution is -0.123. The van der Waals surface area contributed by atoms with Crippen LogP contribution in [0.5, 0.6) is 0 Å². The summed E-state index contributed by atoms with van der Waals surface area (Å²) in [7, 11) is 0. The number of aromatic nitrogens is 2. The van der Waals surface area contributed by atoms with Crippen molar-refractivity contribution in [3.8, 4) is 0 Å². The van der Waals surface area contributed by atoms with Crippen LogP contribution in [-0.2, 0) is 16.1 Å². The molecule has 1 amide bonds. The van der Waals surface area contributed by atoms with Crippen molar-refractivity contribution < 1.29 is 9.53 Å². The second-order valence-corrected chi connectivity index (χ2v) is 6.54. The first-order valence-electron chi connectivity index (χ1n) is 7.66. The van der Waals surface area contributed by atoms with Gasteiger partial charge in [0, 0.05) is 29.8 Å². The SMILES string of the molecule is CCn1cc([C@H]2OCC[C@@H]2NC(=O)C(C)c2cccs2)cn1. The predicted molar refractivity (Wildman–Crippen MR) is 85.9 cm³/mol. The minimum Gasteiger partial charge on any atom is -0.371 e. The van der Waals surface area contributed by atoms with Gasteiger partial charge in [-0.1, -0.05) is 6.07 Å². The van der Waals surface area contributed by atoms with E-state index in [1.807, 2.05) is 48.4 Å². The minimum atomic E-state index is -0.125. The van der Waals surface area contributed by atoms with Crippen LogP contribution in [0.3, 0.4) is 0 Å². The Morgan fingerprint density at radius 1 is 1.64 bits per heavy atom. The first-order chi connectivity index (χ1) is 10.7. The zero-order chi connectivity index (χ0) is 15.5. The highest BCUT2D eigenvalue weighted by Crippen LogP contribution is 2.30. The minimum absolute atomic E-state index is 0.0180. The summed E-state index contributed by atoms with van der Waals surface area (Å²) in [4.78, 5) is 13.5. The summed E-state index contributed by atoms with van der Waals surface area (Å²) in [6.07, 6.45) is 4.57. The lowest BCUT2D eigenvalue weighted by Crippen LogP contribution is -2.38. The fourth-order valence-corrected chi connectivity index (χ4v) is 3.52. The highest BCUT2D eigenvalue weighted by molar-refractivity contribution is 7.10. The largest absolute Gasteiger partial charge is 0.371 e. The Morgan fingerprint density at radius 3 is 3.18 bits per heavy atom. The first-order valence-corrected chi connectivity index (χ1v) is 8.54. The second-order valence-electron chi connectivity index (χ2n) is 5.56. The maximum Gasteiger partial charge on any atom is 0.228 e. The molecular weight excluding hydrogens is 298 g/mol. The lowest BCUT2D eigenvalue weighted by atomic mass is 10.0. The van der Waals surface area contributed by atoms with Gasteiger partial charge in [-0.3, -0.25) is 9.48 Å². The van der Waals surface area contributed by atoms with Gasteiger partial charge in [-0.2, -0.15) is 5.10 Å². The Morgan fingerprint density at radius 2 is 2.50 bits per heavy atom. The van der Waals surface area contributed by atoms with E-state index in [-0.39, 0.29) is 24.0 Å². The Balaban J connectivity index is 1.67. The van der Waals surface area contributed by atoms with Crippen LogP contribution in [0.2, 0.25) is 0 Å². The zero-order valence-corrected chi connectivity index (χ0v) is 13.7. The molecule has 3 rings (SSSR count). The number of nitrogens with zero attached hydrogens (tertiary/aromatic N) is 2. The first kappa shape index (κ1) is 15.2. The fourth-order valence-electron chi connectivity index (χ4n) is 2.74. The molecule has 6 heteroatoms. The number of rotatable bonds is 5. The van der Waals surface area contributed by atoms with Crippen LogP contribution in [-0.4, -0.2) is 28.3 Å². The molecule has 1 fully saturated rings. The van der Waals surface area contributed by atoms with Crippen molar-refractivity contribution in [3.63, 3.8) is 0 Å². The normalized spacial score (nSPS) is 22.6. The van der Waals surface area contributed by atoms with Crippen molar-refractivity contribution in [1.29, 1.82) is 0 Å². The van der Waals surface area contributed by atoms with Gasteiger partial charge in [0.1, 0.15) is 6.10 Å². The number of amides is 1. The molecule has 1 aliphatic rings. The van der Waals surface area contributed by atoms with Crippen LogP contribution < -0.4 is 5.32 Å². The molecule has 0 radical (unpaired) electrons. The van der Waals surface area contributed by atoms with Gasteiger partial charge in [-0.25, -0.2) is 0 Å². The molecule has 0 aromatic carbocycles. The van der Waals surface area contributed by atoms with E-state index in [0.717, 1.165) is 23.4 Å². The van der Waals surface area contributed by atoms with Gasteiger partial charge in [0.05, 0.1) is 18.2 Å². The average molecular weight is 319 g/mol. The molecule has 3 atom stereocenters. The van der Waals surface area contributed by atoms with Crippen LogP contribution >= 0.6 is 11.3 Å². The molecule has 2 aromatic heterocycles. The molecule has 1 aliphatic heterocycles. The van der Waals surface area contributed by atoms with E-state index in [1.165, 1.54) is 0 Å². The molecule has 0 saturated carbocycles. The topological polar surface area (TPSA) is 56.1 Å². The van der Waals surface area contributed by atoms with Crippen molar-refractivity contribution in [2.45, 2.75) is 44.9 Å². The smallest absolute Gasteiger partial charge is 0.228 e. The van der Waals surface area contributed by atoms with E-state index in [9.17, 15) is 4.79 Å². The molecular formula is C16H21N3O2S. The van der Waals surface area contributed by atoms with Gasteiger partial charge in [0.15, 0.2) is 0 Å². The van der Waals surface area contributed by atoms with Crippen LogP contribution in [0.15, 0.2) is 29.9 Å². The van der Waals surface area contributed by atoms with Crippen molar-refractivity contribution in [2.24, 2.45) is 0 Å². The van der Waals surface area contributed by atoms with Crippen molar-refractivity contribution in [1.82, 2.24) is 15.1 Å². The molecule has 1 unspecified atom stereocenters. The van der Waals surface area contributed by atoms with Gasteiger partial charge in [0.25, 0.3) is 0 Å². The zero-order valence-electron chi connectivity index (χ0n) is 12.9. The molecule has 118 valence electrons. The second kappa shape index (κ2) is 6.62. The molecule has 3 heterocycles. The molecule has 22 heavy (non-hydrogen) atoms. The van der Waals surface area contributed by atoms with Crippen molar-refractivity contribution >= 4 is 17.2 Å². The molecule has 0 aliphatic carbocycles. The summed E-state index contributed by atoms with van der Waals surface area (Å²) < 4.78 is 7.69. The maximum absolute atomic E-state index is 12.5. The van der Waals surface area contributed by atoms with Crippen molar-refractivity contribution in [2.75, 3.05) is 6.61 Å². The van der Waals surface area contributed by atoms with Crippen molar-refractivity contribution in [3.05, 3.63) is 40.3 Å². The Kier molecular flexibility index (Phi) is 4.59. The van der Waals surface area contributed by atoms with Crippen LogP contribution in [0.1, 0.15) is 42.7 Å². The Bertz CT molecular complexity index is 623. The maximum atomic E-state index is 12.5. The Hall–Kier alpha value is -1.66. The summed E-state index contributed by atoms with van der Waals surface area (Å²) in [5.74, 6) is -0.0644. The molecule has 0 bridgehead atoms. The fraction of sp³-hybridized carbons (Fsp3) is 0.500. The lowest BCUT2D eigenvalue weighted by Gasteiger charge is -2.20. The number of carbonyl (C=O) groups is 1. The Labute approximate surface area is 134 Å². The standard InChI is InChI=1S/C16H21N3O2S/c1-3-19-10-12(9-17-19)15-13(6-7-21-15)18-16(20)11(2)14-5-4-8-22-14/h4-5,8-11,13,15H,3,6-7H2,1-2H3,(H,18,20)/t11?,13-,15+/m0/s1. The third-order valence-electron chi connectivity index (χ3n) is 4.09. The molecule has 1 N–H and O–H groups in total. The third kappa shape index (κ3) is 3.08. The number of hydrogen-bond donors (Lipinski definition) is 1. The molecule has 2 aromatic rings. The number of nitrogens with one attached hydrogen (secondary N) is 1. The third-order valence-corrected chi connectivity index (χ3v) is 5.14. The van der Waals surface area contributed by atoms with Gasteiger partial charge in [-0.15, -0.1) is 11.3 Å². The van der Waals surface area contributed by atoms with Gasteiger partial charge < -0.3 is 10.1 Å². The highest BCUT2D eigenvalue weighted by Gasteiger charge is 2.33. The predicted octanol–water partition coefficient (Wildman–Crippen LogP) is 2.71. The summed E-state index contributed by atoms with van der Waals surface area (Å²) >= 11 is 1.62. The van der Waals surface area contributed by atoms with E-state index < -0.39 is 0 Å². The number of aryl methyl sites for hydroxylation is 1. The van der Waals surface area contributed by atoms with Gasteiger partial charge in [0.2, 0.25) is 5.91 Å². The summed E-state index contributed by atoms with van der Waals surface area (Å²) in [6, 6.07) is 4.00. The van der Waals surface area contributed by atoms with Gasteiger partial charge >= 0.3 is 0 Å². The van der Waals surface area contributed by atoms with E-state index in [4.69, 9.17) is 4.74 Å². The van der Waals surface area contributed by atoms with Gasteiger partial charge in [-0.05, 0) is 31.7 Å². The number of hydrogen-bond acceptors (Lipinski definition) is 4. The van der Waals surface area contributed by atoms with Crippen LogP contribution in [0.4, 0.5) is 0 Å². The van der Waals surface area contributed by atoms with E-state index in [2.05, 4.69) is 10.4 Å². The molecule has 1 saturated heterocycles. The highest BCUT2D eigenvalue weighted by atomic mass is 32.1. The monoisotopic (exact) mass is 319 g/mol. The molecule has 5 nitrogen and oxygen atoms in total. The molecule has 0 spiro atoms. The summed E-state index contributed by atoms with van der Waals surface area (Å²) in [5, 5.41) is 9.44. The van der Waals surface area contributed by atoms with Crippen LogP contribution in [0.25, 0.3) is 0 Å². The van der Waals surface area contributed by atoms with E-state index >= 15 is 0 Å².